The molecule has 7 heteroatoms. The van der Waals surface area contributed by atoms with E-state index < -0.39 is 0 Å². The summed E-state index contributed by atoms with van der Waals surface area (Å²) < 4.78 is 16.1. The number of carbonyl (C=O) groups is 2. The van der Waals surface area contributed by atoms with Gasteiger partial charge in [0, 0.05) is 41.7 Å². The molecule has 1 fully saturated rings. The van der Waals surface area contributed by atoms with Gasteiger partial charge in [0.25, 0.3) is 0 Å². The zero-order chi connectivity index (χ0) is 22.5. The lowest BCUT2D eigenvalue weighted by molar-refractivity contribution is -0.131. The molecular weight excluding hydrogens is 408 g/mol. The third-order valence-corrected chi connectivity index (χ3v) is 5.96. The maximum absolute atomic E-state index is 12.7. The average Bonchev–Trinajstić information content (AvgIpc) is 3.21. The fourth-order valence-electron chi connectivity index (χ4n) is 4.18. The van der Waals surface area contributed by atoms with Crippen molar-refractivity contribution in [1.29, 1.82) is 0 Å². The molecule has 1 aliphatic rings. The number of hydrogen-bond donors (Lipinski definition) is 1. The van der Waals surface area contributed by atoms with Gasteiger partial charge in [0.1, 0.15) is 17.1 Å². The first-order chi connectivity index (χ1) is 15.6. The Morgan fingerprint density at radius 2 is 1.81 bits per heavy atom. The van der Waals surface area contributed by atoms with Crippen molar-refractivity contribution in [1.82, 2.24) is 10.2 Å². The number of hydrogen-bond acceptors (Lipinski definition) is 5. The Morgan fingerprint density at radius 1 is 1.03 bits per heavy atom. The fraction of sp³-hybridized carbons (Fsp3) is 0.360. The Labute approximate surface area is 187 Å². The predicted octanol–water partition coefficient (Wildman–Crippen LogP) is 3.34. The van der Waals surface area contributed by atoms with Gasteiger partial charge in [-0.1, -0.05) is 18.2 Å². The number of para-hydroxylation sites is 1. The first-order valence-electron chi connectivity index (χ1n) is 10.8. The molecule has 32 heavy (non-hydrogen) atoms. The summed E-state index contributed by atoms with van der Waals surface area (Å²) in [4.78, 5) is 27.2. The van der Waals surface area contributed by atoms with Crippen LogP contribution in [0.15, 0.2) is 53.1 Å². The SMILES string of the molecule is COc1ccc2c(CC(=O)NC3CCN(C(=O)Cc4ccccc4OC)CC3)coc2c1. The van der Waals surface area contributed by atoms with Crippen LogP contribution in [-0.4, -0.2) is 50.1 Å². The van der Waals surface area contributed by atoms with E-state index >= 15 is 0 Å². The van der Waals surface area contributed by atoms with E-state index in [9.17, 15) is 9.59 Å². The third-order valence-electron chi connectivity index (χ3n) is 5.96. The smallest absolute Gasteiger partial charge is 0.227 e. The highest BCUT2D eigenvalue weighted by Gasteiger charge is 2.25. The van der Waals surface area contributed by atoms with E-state index in [0.29, 0.717) is 25.1 Å². The lowest BCUT2D eigenvalue weighted by atomic mass is 10.0. The Hall–Kier alpha value is -3.48. The average molecular weight is 437 g/mol. The summed E-state index contributed by atoms with van der Waals surface area (Å²) in [5.74, 6) is 1.49. The highest BCUT2D eigenvalue weighted by Crippen LogP contribution is 2.26. The van der Waals surface area contributed by atoms with E-state index in [1.165, 1.54) is 0 Å². The molecular formula is C25H28N2O5. The summed E-state index contributed by atoms with van der Waals surface area (Å²) in [7, 11) is 3.22. The molecule has 0 saturated carbocycles. The van der Waals surface area contributed by atoms with E-state index in [2.05, 4.69) is 5.32 Å². The largest absolute Gasteiger partial charge is 0.497 e. The Kier molecular flexibility index (Phi) is 6.63. The van der Waals surface area contributed by atoms with Crippen LogP contribution in [0.1, 0.15) is 24.0 Å². The molecule has 0 atom stereocenters. The number of piperidine rings is 1. The molecule has 2 heterocycles. The summed E-state index contributed by atoms with van der Waals surface area (Å²) in [5.41, 5.74) is 2.44. The van der Waals surface area contributed by atoms with Crippen molar-refractivity contribution in [3.8, 4) is 11.5 Å². The van der Waals surface area contributed by atoms with E-state index in [1.54, 1.807) is 20.5 Å². The van der Waals surface area contributed by atoms with Gasteiger partial charge < -0.3 is 24.1 Å². The van der Waals surface area contributed by atoms with Gasteiger partial charge in [-0.25, -0.2) is 0 Å². The normalized spacial score (nSPS) is 14.4. The molecule has 4 rings (SSSR count). The van der Waals surface area contributed by atoms with Crippen LogP contribution in [0, 0.1) is 0 Å². The van der Waals surface area contributed by atoms with Gasteiger partial charge in [-0.05, 0) is 31.0 Å². The molecule has 168 valence electrons. The Bertz CT molecular complexity index is 1100. The van der Waals surface area contributed by atoms with Crippen molar-refractivity contribution in [2.45, 2.75) is 31.7 Å². The molecule has 0 bridgehead atoms. The molecule has 3 aromatic rings. The number of carbonyl (C=O) groups excluding carboxylic acids is 2. The molecule has 0 spiro atoms. The highest BCUT2D eigenvalue weighted by atomic mass is 16.5. The van der Waals surface area contributed by atoms with Gasteiger partial charge in [-0.2, -0.15) is 0 Å². The zero-order valence-corrected chi connectivity index (χ0v) is 18.4. The highest BCUT2D eigenvalue weighted by molar-refractivity contribution is 5.88. The number of nitrogens with one attached hydrogen (secondary N) is 1. The number of likely N-dealkylation sites (tertiary alicyclic amines) is 1. The third kappa shape index (κ3) is 4.88. The number of benzene rings is 2. The van der Waals surface area contributed by atoms with Gasteiger partial charge >= 0.3 is 0 Å². The topological polar surface area (TPSA) is 81.0 Å². The Morgan fingerprint density at radius 3 is 2.56 bits per heavy atom. The summed E-state index contributed by atoms with van der Waals surface area (Å²) >= 11 is 0. The number of methoxy groups -OCH3 is 2. The molecule has 1 N–H and O–H groups in total. The van der Waals surface area contributed by atoms with Crippen molar-refractivity contribution in [3.05, 3.63) is 59.9 Å². The number of fused-ring (bicyclic) bond motifs is 1. The number of nitrogens with zero attached hydrogens (tertiary/aromatic N) is 1. The van der Waals surface area contributed by atoms with E-state index in [1.807, 2.05) is 47.4 Å². The summed E-state index contributed by atoms with van der Waals surface area (Å²) in [6, 6.07) is 13.2. The number of ether oxygens (including phenoxy) is 2. The van der Waals surface area contributed by atoms with Gasteiger partial charge in [0.15, 0.2) is 0 Å². The van der Waals surface area contributed by atoms with Crippen molar-refractivity contribution < 1.29 is 23.5 Å². The molecule has 1 saturated heterocycles. The lowest BCUT2D eigenvalue weighted by Gasteiger charge is -2.32. The molecule has 1 aliphatic heterocycles. The van der Waals surface area contributed by atoms with Crippen LogP contribution in [-0.2, 0) is 22.4 Å². The van der Waals surface area contributed by atoms with E-state index in [0.717, 1.165) is 40.9 Å². The zero-order valence-electron chi connectivity index (χ0n) is 18.4. The van der Waals surface area contributed by atoms with Gasteiger partial charge in [-0.3, -0.25) is 9.59 Å². The second kappa shape index (κ2) is 9.77. The van der Waals surface area contributed by atoms with Gasteiger partial charge in [0.05, 0.1) is 33.3 Å². The minimum Gasteiger partial charge on any atom is -0.497 e. The van der Waals surface area contributed by atoms with Crippen molar-refractivity contribution in [3.63, 3.8) is 0 Å². The van der Waals surface area contributed by atoms with Crippen molar-refractivity contribution in [2.24, 2.45) is 0 Å². The van der Waals surface area contributed by atoms with Crippen LogP contribution in [0.4, 0.5) is 0 Å². The predicted molar refractivity (Wildman–Crippen MR) is 121 cm³/mol. The molecule has 1 aromatic heterocycles. The van der Waals surface area contributed by atoms with Crippen molar-refractivity contribution in [2.75, 3.05) is 27.3 Å². The molecule has 2 amide bonds. The number of furan rings is 1. The summed E-state index contributed by atoms with van der Waals surface area (Å²) in [5, 5.41) is 4.02. The van der Waals surface area contributed by atoms with E-state index in [-0.39, 0.29) is 24.3 Å². The lowest BCUT2D eigenvalue weighted by Crippen LogP contribution is -2.47. The quantitative estimate of drug-likeness (QED) is 0.614. The first kappa shape index (κ1) is 21.7. The fourth-order valence-corrected chi connectivity index (χ4v) is 4.18. The van der Waals surface area contributed by atoms with Crippen LogP contribution < -0.4 is 14.8 Å². The molecule has 2 aromatic carbocycles. The van der Waals surface area contributed by atoms with Crippen LogP contribution in [0.5, 0.6) is 11.5 Å². The van der Waals surface area contributed by atoms with Crippen LogP contribution in [0.3, 0.4) is 0 Å². The minimum absolute atomic E-state index is 0.0395. The molecule has 0 aliphatic carbocycles. The van der Waals surface area contributed by atoms with Crippen LogP contribution in [0.2, 0.25) is 0 Å². The van der Waals surface area contributed by atoms with Gasteiger partial charge in [-0.15, -0.1) is 0 Å². The second-order valence-electron chi connectivity index (χ2n) is 8.01. The van der Waals surface area contributed by atoms with Crippen LogP contribution in [0.25, 0.3) is 11.0 Å². The second-order valence-corrected chi connectivity index (χ2v) is 8.01. The number of rotatable bonds is 7. The molecule has 7 nitrogen and oxygen atoms in total. The monoisotopic (exact) mass is 436 g/mol. The van der Waals surface area contributed by atoms with Crippen LogP contribution >= 0.6 is 0 Å². The minimum atomic E-state index is -0.0395. The Balaban J connectivity index is 1.27. The maximum Gasteiger partial charge on any atom is 0.227 e. The standard InChI is InChI=1S/C25H28N2O5/c1-30-20-7-8-21-18(16-32-23(21)15-20)13-24(28)26-19-9-11-27(12-10-19)25(29)14-17-5-3-4-6-22(17)31-2/h3-8,15-16,19H,9-14H2,1-2H3,(H,26,28). The molecule has 0 unspecified atom stereocenters. The van der Waals surface area contributed by atoms with Crippen molar-refractivity contribution >= 4 is 22.8 Å². The first-order valence-corrected chi connectivity index (χ1v) is 10.8. The number of amides is 2. The maximum atomic E-state index is 12.7. The summed E-state index contributed by atoms with van der Waals surface area (Å²) in [6.07, 6.45) is 3.69. The van der Waals surface area contributed by atoms with Gasteiger partial charge in [0.2, 0.25) is 11.8 Å². The van der Waals surface area contributed by atoms with E-state index in [4.69, 9.17) is 13.9 Å². The summed E-state index contributed by atoms with van der Waals surface area (Å²) in [6.45, 7) is 1.26. The molecule has 0 radical (unpaired) electrons.